The molecule has 17 rings (SSSR count). The van der Waals surface area contributed by atoms with Crippen molar-refractivity contribution in [2.45, 2.75) is 70.1 Å². The number of halogens is 5. The molecule has 4 heterocycles. The number of hydrogen-bond donors (Lipinski definition) is 2. The van der Waals surface area contributed by atoms with E-state index in [9.17, 15) is 9.90 Å². The quantitative estimate of drug-likeness (QED) is 0.103. The van der Waals surface area contributed by atoms with Crippen LogP contribution < -0.4 is 24.3 Å². The van der Waals surface area contributed by atoms with E-state index in [0.717, 1.165) is 98.9 Å². The Labute approximate surface area is 634 Å². The second kappa shape index (κ2) is 35.9. The molecule has 1 aromatic heterocycles. The van der Waals surface area contributed by atoms with Crippen molar-refractivity contribution in [1.29, 1.82) is 0 Å². The van der Waals surface area contributed by atoms with Crippen molar-refractivity contribution in [2.75, 3.05) is 13.2 Å². The van der Waals surface area contributed by atoms with Crippen LogP contribution in [0.2, 0.25) is 15.1 Å². The van der Waals surface area contributed by atoms with Crippen molar-refractivity contribution < 1.29 is 38.6 Å². The summed E-state index contributed by atoms with van der Waals surface area (Å²) in [5.74, 6) is -0.833. The smallest absolute Gasteiger partial charge is 0.481 e. The van der Waals surface area contributed by atoms with Crippen LogP contribution in [0.3, 0.4) is 0 Å². The molecular formula is C85H70BrCl4LiO5S3. The van der Waals surface area contributed by atoms with Gasteiger partial charge in [0.1, 0.15) is 5.60 Å². The first kappa shape index (κ1) is 76.0. The molecule has 0 amide bonds. The summed E-state index contributed by atoms with van der Waals surface area (Å²) in [6.45, 7) is 8.81. The van der Waals surface area contributed by atoms with Gasteiger partial charge in [0.05, 0.1) is 5.41 Å². The third kappa shape index (κ3) is 17.1. The van der Waals surface area contributed by atoms with Gasteiger partial charge < -0.3 is 21.9 Å². The number of unbranched alkanes of at least 4 members (excludes halogenated alkanes) is 1. The first-order valence-corrected chi connectivity index (χ1v) is 36.3. The topological polar surface area (TPSA) is 83.8 Å². The number of carbonyl (C=O) groups is 1. The van der Waals surface area contributed by atoms with Crippen LogP contribution in [0.1, 0.15) is 78.5 Å². The second-order valence-corrected chi connectivity index (χ2v) is 28.5. The zero-order valence-corrected chi connectivity index (χ0v) is 62.0. The summed E-state index contributed by atoms with van der Waals surface area (Å²) >= 11 is 27.2. The largest absolute Gasteiger partial charge is 1.00 e. The van der Waals surface area contributed by atoms with E-state index in [1.54, 1.807) is 23.1 Å². The molecule has 99 heavy (non-hydrogen) atoms. The van der Waals surface area contributed by atoms with E-state index in [1.807, 2.05) is 188 Å². The molecule has 5 nitrogen and oxygen atoms in total. The predicted molar refractivity (Wildman–Crippen MR) is 420 cm³/mol. The normalized spacial score (nSPS) is 13.0. The number of fused-ring (bicyclic) bond motifs is 13. The number of ether oxygens (including phenoxy) is 1. The van der Waals surface area contributed by atoms with E-state index in [1.165, 1.54) is 73.6 Å². The maximum absolute atomic E-state index is 12.3. The predicted octanol–water partition coefficient (Wildman–Crippen LogP) is 22.0. The molecule has 13 aromatic rings. The maximum atomic E-state index is 12.3. The minimum Gasteiger partial charge on any atom is -0.481 e. The Morgan fingerprint density at radius 2 is 0.828 bits per heavy atom. The number of aliphatic carboxylic acids is 1. The molecule has 0 radical (unpaired) electrons. The Bertz CT molecular complexity index is 4790. The van der Waals surface area contributed by atoms with Gasteiger partial charge in [0, 0.05) is 96.1 Å². The minimum atomic E-state index is -1.23. The molecule has 0 bridgehead atoms. The van der Waals surface area contributed by atoms with Crippen molar-refractivity contribution in [2.24, 2.45) is 0 Å². The molecule has 1 saturated heterocycles. The average Bonchev–Trinajstić information content (AvgIpc) is 1.52. The van der Waals surface area contributed by atoms with Gasteiger partial charge in [0.25, 0.3) is 5.97 Å². The summed E-state index contributed by atoms with van der Waals surface area (Å²) < 4.78 is 8.16. The summed E-state index contributed by atoms with van der Waals surface area (Å²) in [4.78, 5) is 25.9. The molecule has 0 unspecified atom stereocenters. The molecule has 2 N–H and O–H groups in total. The van der Waals surface area contributed by atoms with Gasteiger partial charge in [-0.05, 0) is 159 Å². The summed E-state index contributed by atoms with van der Waals surface area (Å²) in [6.07, 6.45) is 4.83. The number of carboxylic acids is 1. The second-order valence-electron chi connectivity index (χ2n) is 23.0. The molecule has 1 spiro atoms. The van der Waals surface area contributed by atoms with Crippen molar-refractivity contribution in [1.82, 2.24) is 0 Å². The van der Waals surface area contributed by atoms with Crippen LogP contribution in [0.25, 0.3) is 53.6 Å². The monoisotopic (exact) mass is 1490 g/mol. The fourth-order valence-electron chi connectivity index (χ4n) is 12.4. The van der Waals surface area contributed by atoms with E-state index in [2.05, 4.69) is 139 Å². The van der Waals surface area contributed by atoms with Crippen LogP contribution in [0.4, 0.5) is 0 Å². The van der Waals surface area contributed by atoms with E-state index in [0.29, 0.717) is 5.02 Å². The minimum absolute atomic E-state index is 0. The van der Waals surface area contributed by atoms with E-state index < -0.39 is 11.6 Å². The van der Waals surface area contributed by atoms with Gasteiger partial charge in [-0.3, -0.25) is 9.59 Å². The summed E-state index contributed by atoms with van der Waals surface area (Å²) in [6, 6.07) is 96.3. The van der Waals surface area contributed by atoms with Crippen LogP contribution in [-0.4, -0.2) is 29.4 Å². The van der Waals surface area contributed by atoms with Crippen LogP contribution >= 0.6 is 98.0 Å². The Balaban J connectivity index is 0.000000149. The Morgan fingerprint density at radius 3 is 1.28 bits per heavy atom. The molecule has 14 heteroatoms. The Morgan fingerprint density at radius 1 is 0.475 bits per heavy atom. The third-order valence-corrected chi connectivity index (χ3v) is 21.6. The molecule has 3 aliphatic heterocycles. The van der Waals surface area contributed by atoms with Gasteiger partial charge in [0.2, 0.25) is 0 Å². The van der Waals surface area contributed by atoms with Crippen molar-refractivity contribution >= 4 is 124 Å². The summed E-state index contributed by atoms with van der Waals surface area (Å²) in [5.41, 5.74) is 13.6. The molecule has 1 aliphatic carbocycles. The van der Waals surface area contributed by atoms with Crippen LogP contribution in [0, 0.1) is 6.92 Å². The molecule has 1 fully saturated rings. The first-order valence-electron chi connectivity index (χ1n) is 31.9. The molecule has 12 aromatic carbocycles. The van der Waals surface area contributed by atoms with Gasteiger partial charge in [-0.1, -0.05) is 282 Å². The fourth-order valence-corrected chi connectivity index (χ4v) is 16.7. The van der Waals surface area contributed by atoms with Crippen molar-refractivity contribution in [3.8, 4) is 33.4 Å². The number of hydrogen-bond acceptors (Lipinski definition) is 7. The molecule has 0 atom stereocenters. The zero-order valence-electron chi connectivity index (χ0n) is 54.8. The molecule has 494 valence electrons. The number of carboxylic acid groups (broad SMARTS) is 1. The van der Waals surface area contributed by atoms with Crippen molar-refractivity contribution in [3.05, 3.63) is 361 Å². The zero-order chi connectivity index (χ0) is 67.9. The van der Waals surface area contributed by atoms with E-state index in [4.69, 9.17) is 49.4 Å². The summed E-state index contributed by atoms with van der Waals surface area (Å²) in [5, 5.41) is 23.6. The number of rotatable bonds is 4. The standard InChI is InChI=1S/C25H17ClOS.C25H15ClS.C13H8OS.C12H8BrCl.C4H8O.C4H9.C2H4O2.ClH.Li/c26-18-15-13-17(14-16-18)19-7-1-2-8-20(19)25(27)21-9-3-5-11-23(21)28-24-12-6-4-10-22(24)25;26-16-13-14-18-17-7-1-2-8-19(17)25(22(18)15-16)20-9-3-5-11-23(20)27-24-12-6-4-10-21(24)25;14-13-9-5-1-3-7-11(9)15-12-8-4-2-6-10(12)13;13-12-4-2-1-3-11(12)9-5-7-10(14)8-6-9;1-2-4-5-3-1;1-3-4-2;1-2(3)4;;/h1-16,27H;1-15H;1-8H;1-8H;1-4H2;1,3-4H2,2H3;1H3,(H,3,4);1H;/q;;;;;-1;;;+1. The van der Waals surface area contributed by atoms with Gasteiger partial charge in [-0.2, -0.15) is 6.42 Å². The first-order chi connectivity index (χ1) is 47.3. The number of benzene rings is 12. The van der Waals surface area contributed by atoms with Gasteiger partial charge in [-0.15, -0.1) is 23.7 Å². The van der Waals surface area contributed by atoms with Gasteiger partial charge in [0.15, 0.2) is 5.43 Å². The van der Waals surface area contributed by atoms with Gasteiger partial charge >= 0.3 is 18.9 Å². The average molecular weight is 1500 g/mol. The molecular weight excluding hydrogens is 1430 g/mol. The van der Waals surface area contributed by atoms with Crippen LogP contribution in [0.15, 0.2) is 314 Å². The molecule has 4 aliphatic rings. The van der Waals surface area contributed by atoms with Crippen LogP contribution in [0.5, 0.6) is 0 Å². The summed E-state index contributed by atoms with van der Waals surface area (Å²) in [7, 11) is 0. The fraction of sp³-hybridized carbons (Fsp3) is 0.118. The maximum Gasteiger partial charge on any atom is 1.00 e. The Kier molecular flexibility index (Phi) is 27.6. The Hall–Kier alpha value is -7.14. The number of aliphatic hydroxyl groups is 1. The SMILES string of the molecule is C1CCOC1.CC(=O)O.Cl.Clc1ccc(-c2ccccc2Br)cc1.Clc1ccc2c(c1)C1(c3ccccc3Sc3ccccc31)c1ccccc1-2.O=c1c2ccccc2sc2ccccc12.OC1(c2ccccc2-c2ccc(Cl)cc2)c2ccccc2Sc2ccccc21.[CH2-]CCC.[Li+]. The third-order valence-electron chi connectivity index (χ3n) is 16.7. The molecule has 0 saturated carbocycles. The van der Waals surface area contributed by atoms with Crippen molar-refractivity contribution in [3.63, 3.8) is 0 Å². The van der Waals surface area contributed by atoms with E-state index >= 15 is 0 Å². The van der Waals surface area contributed by atoms with E-state index in [-0.39, 0.29) is 42.1 Å². The van der Waals surface area contributed by atoms with Gasteiger partial charge in [-0.25, -0.2) is 0 Å². The van der Waals surface area contributed by atoms with Crippen LogP contribution in [-0.2, 0) is 20.5 Å².